The quantitative estimate of drug-likeness (QED) is 0.323. The maximum absolute atomic E-state index is 13.9. The second kappa shape index (κ2) is 11.6. The molecular weight excluding hydrogens is 566 g/mol. The Labute approximate surface area is 254 Å². The summed E-state index contributed by atoms with van der Waals surface area (Å²) >= 11 is 1.52. The van der Waals surface area contributed by atoms with Crippen LogP contribution < -0.4 is 24.4 Å². The minimum atomic E-state index is -0.375. The average Bonchev–Trinajstić information content (AvgIpc) is 3.61. The Morgan fingerprint density at radius 3 is 2.53 bits per heavy atom. The summed E-state index contributed by atoms with van der Waals surface area (Å²) in [6.45, 7) is 6.66. The number of ether oxygens (including phenoxy) is 3. The van der Waals surface area contributed by atoms with Crippen molar-refractivity contribution < 1.29 is 23.8 Å². The van der Waals surface area contributed by atoms with Crippen LogP contribution in [0.5, 0.6) is 17.2 Å². The van der Waals surface area contributed by atoms with Crippen molar-refractivity contribution in [3.63, 3.8) is 0 Å². The highest BCUT2D eigenvalue weighted by molar-refractivity contribution is 8.00. The number of carbonyl (C=O) groups excluding carboxylic acids is 2. The Hall–Kier alpha value is -4.51. The Morgan fingerprint density at radius 2 is 1.81 bits per heavy atom. The summed E-state index contributed by atoms with van der Waals surface area (Å²) in [6, 6.07) is 17.1. The molecule has 1 atom stereocenters. The van der Waals surface area contributed by atoms with Crippen LogP contribution in [-0.2, 0) is 21.5 Å². The molecule has 0 aliphatic carbocycles. The minimum absolute atomic E-state index is 0.156. The molecule has 0 saturated heterocycles. The van der Waals surface area contributed by atoms with Gasteiger partial charge in [-0.05, 0) is 59.7 Å². The Bertz CT molecular complexity index is 1650. The molecule has 2 aliphatic rings. The van der Waals surface area contributed by atoms with Crippen molar-refractivity contribution in [3.8, 4) is 22.9 Å². The number of anilines is 1. The van der Waals surface area contributed by atoms with Gasteiger partial charge in [0.05, 0.1) is 29.5 Å². The fourth-order valence-corrected chi connectivity index (χ4v) is 6.40. The third-order valence-corrected chi connectivity index (χ3v) is 8.61. The summed E-state index contributed by atoms with van der Waals surface area (Å²) in [6.07, 6.45) is 3.36. The highest BCUT2D eigenvalue weighted by atomic mass is 32.2. The molecule has 6 rings (SSSR count). The van der Waals surface area contributed by atoms with E-state index in [4.69, 9.17) is 19.3 Å². The van der Waals surface area contributed by atoms with Crippen molar-refractivity contribution in [1.82, 2.24) is 20.1 Å². The lowest BCUT2D eigenvalue weighted by molar-refractivity contribution is -0.123. The van der Waals surface area contributed by atoms with Crippen LogP contribution in [0.25, 0.3) is 5.69 Å². The first kappa shape index (κ1) is 28.6. The van der Waals surface area contributed by atoms with E-state index < -0.39 is 0 Å². The van der Waals surface area contributed by atoms with Crippen molar-refractivity contribution >= 4 is 29.4 Å². The molecule has 2 aliphatic heterocycles. The molecule has 1 N–H and O–H groups in total. The molecule has 0 spiro atoms. The molecule has 2 aromatic heterocycles. The van der Waals surface area contributed by atoms with Gasteiger partial charge in [-0.1, -0.05) is 26.8 Å². The first-order valence-electron chi connectivity index (χ1n) is 14.0. The predicted molar refractivity (Wildman–Crippen MR) is 164 cm³/mol. The lowest BCUT2D eigenvalue weighted by Crippen LogP contribution is -2.42. The van der Waals surface area contributed by atoms with Crippen molar-refractivity contribution in [2.45, 2.75) is 38.0 Å². The largest absolute Gasteiger partial charge is 0.497 e. The zero-order chi connectivity index (χ0) is 30.1. The van der Waals surface area contributed by atoms with Crippen LogP contribution >= 0.6 is 11.8 Å². The number of hydrogen-bond acceptors (Lipinski definition) is 8. The van der Waals surface area contributed by atoms with Crippen molar-refractivity contribution in [2.24, 2.45) is 0 Å². The number of nitrogens with one attached hydrogen (secondary N) is 1. The third kappa shape index (κ3) is 5.77. The van der Waals surface area contributed by atoms with E-state index >= 15 is 0 Å². The lowest BCUT2D eigenvalue weighted by atomic mass is 9.87. The van der Waals surface area contributed by atoms with Gasteiger partial charge < -0.3 is 19.5 Å². The van der Waals surface area contributed by atoms with Gasteiger partial charge in [0.15, 0.2) is 11.5 Å². The molecule has 2 amide bonds. The van der Waals surface area contributed by atoms with Crippen LogP contribution in [0.2, 0.25) is 0 Å². The number of pyridine rings is 1. The molecule has 11 heteroatoms. The highest BCUT2D eigenvalue weighted by Crippen LogP contribution is 2.50. The number of methoxy groups -OCH3 is 1. The fraction of sp³-hybridized carbons (Fsp3) is 0.312. The zero-order valence-corrected chi connectivity index (χ0v) is 25.3. The minimum Gasteiger partial charge on any atom is -0.497 e. The van der Waals surface area contributed by atoms with Crippen LogP contribution in [0.15, 0.2) is 67.0 Å². The second-order valence-electron chi connectivity index (χ2n) is 11.4. The van der Waals surface area contributed by atoms with E-state index in [1.165, 1.54) is 11.8 Å². The smallest absolute Gasteiger partial charge is 0.240 e. The number of hydrogen-bond donors (Lipinski definition) is 1. The molecule has 0 fully saturated rings. The van der Waals surface area contributed by atoms with E-state index in [1.54, 1.807) is 29.1 Å². The third-order valence-electron chi connectivity index (χ3n) is 7.36. The molecule has 0 saturated carbocycles. The van der Waals surface area contributed by atoms with Crippen molar-refractivity contribution in [2.75, 3.05) is 31.1 Å². The van der Waals surface area contributed by atoms with Crippen LogP contribution in [-0.4, -0.2) is 52.8 Å². The molecule has 2 aromatic carbocycles. The van der Waals surface area contributed by atoms with Crippen LogP contribution in [0.4, 0.5) is 5.82 Å². The maximum Gasteiger partial charge on any atom is 0.240 e. The maximum atomic E-state index is 13.9. The van der Waals surface area contributed by atoms with Crippen molar-refractivity contribution in [1.29, 1.82) is 0 Å². The fourth-order valence-electron chi connectivity index (χ4n) is 5.22. The van der Waals surface area contributed by atoms with Crippen LogP contribution in [0, 0.1) is 0 Å². The summed E-state index contributed by atoms with van der Waals surface area (Å²) in [7, 11) is 1.62. The normalized spacial score (nSPS) is 16.0. The van der Waals surface area contributed by atoms with Gasteiger partial charge in [-0.25, -0.2) is 4.68 Å². The summed E-state index contributed by atoms with van der Waals surface area (Å²) in [5.74, 6) is 2.36. The Kier molecular flexibility index (Phi) is 7.74. The first-order valence-corrected chi connectivity index (χ1v) is 15.0. The molecule has 4 heterocycles. The molecule has 1 unspecified atom stereocenters. The van der Waals surface area contributed by atoms with E-state index in [2.05, 4.69) is 31.1 Å². The van der Waals surface area contributed by atoms with Gasteiger partial charge in [0, 0.05) is 29.9 Å². The highest BCUT2D eigenvalue weighted by Gasteiger charge is 2.40. The summed E-state index contributed by atoms with van der Waals surface area (Å²) in [5.41, 5.74) is 3.99. The molecule has 10 nitrogen and oxygen atoms in total. The molecule has 4 aromatic rings. The predicted octanol–water partition coefficient (Wildman–Crippen LogP) is 4.79. The van der Waals surface area contributed by atoms with Gasteiger partial charge in [0.2, 0.25) is 18.6 Å². The number of fused-ring (bicyclic) bond motifs is 2. The Morgan fingerprint density at radius 1 is 1.07 bits per heavy atom. The van der Waals surface area contributed by atoms with Crippen molar-refractivity contribution in [3.05, 3.63) is 89.4 Å². The SMILES string of the molecule is COc1ccc(-n2nc(C(C)(C)C)c3c2N(CC(=O)NCc2ccncc2)C(=O)CSC3c2ccc3c(c2)OCO3)cc1. The second-order valence-corrected chi connectivity index (χ2v) is 12.5. The molecule has 222 valence electrons. The van der Waals surface area contributed by atoms with E-state index in [-0.39, 0.29) is 41.6 Å². The van der Waals surface area contributed by atoms with Crippen LogP contribution in [0.1, 0.15) is 48.4 Å². The van der Waals surface area contributed by atoms with E-state index in [9.17, 15) is 9.59 Å². The molecule has 43 heavy (non-hydrogen) atoms. The van der Waals surface area contributed by atoms with Gasteiger partial charge in [-0.2, -0.15) is 5.10 Å². The zero-order valence-electron chi connectivity index (χ0n) is 24.5. The first-order chi connectivity index (χ1) is 20.7. The summed E-state index contributed by atoms with van der Waals surface area (Å²) < 4.78 is 18.4. The van der Waals surface area contributed by atoms with Crippen LogP contribution in [0.3, 0.4) is 0 Å². The molecule has 0 bridgehead atoms. The molecular formula is C32H33N5O5S. The molecule has 0 radical (unpaired) electrons. The van der Waals surface area contributed by atoms with Gasteiger partial charge in [0.25, 0.3) is 0 Å². The van der Waals surface area contributed by atoms with E-state index in [0.717, 1.165) is 28.1 Å². The lowest BCUT2D eigenvalue weighted by Gasteiger charge is -2.24. The Balaban J connectivity index is 1.48. The average molecular weight is 600 g/mol. The standard InChI is InChI=1S/C32H33N5O5S/c1-32(2,3)30-28-29(21-5-10-24-25(15-21)42-19-41-24)43-18-27(39)36(17-26(38)34-16-20-11-13-33-14-12-20)31(28)37(35-30)22-6-8-23(40-4)9-7-22/h5-15,29H,16-19H2,1-4H3,(H,34,38). The number of carbonyl (C=O) groups is 2. The number of benzene rings is 2. The topological polar surface area (TPSA) is 108 Å². The van der Waals surface area contributed by atoms with E-state index in [1.807, 2.05) is 54.6 Å². The number of aromatic nitrogens is 3. The van der Waals surface area contributed by atoms with Gasteiger partial charge >= 0.3 is 0 Å². The van der Waals surface area contributed by atoms with E-state index in [0.29, 0.717) is 29.6 Å². The number of rotatable bonds is 7. The van der Waals surface area contributed by atoms with Gasteiger partial charge in [0.1, 0.15) is 18.1 Å². The van der Waals surface area contributed by atoms with Gasteiger partial charge in [-0.3, -0.25) is 19.5 Å². The number of thioether (sulfide) groups is 1. The monoisotopic (exact) mass is 599 g/mol. The number of amides is 2. The van der Waals surface area contributed by atoms with Gasteiger partial charge in [-0.15, -0.1) is 11.8 Å². The summed E-state index contributed by atoms with van der Waals surface area (Å²) in [5, 5.41) is 7.84. The summed E-state index contributed by atoms with van der Waals surface area (Å²) in [4.78, 5) is 32.9. The number of nitrogens with zero attached hydrogens (tertiary/aromatic N) is 4.